The van der Waals surface area contributed by atoms with E-state index in [1.807, 2.05) is 0 Å². The second-order valence-electron chi connectivity index (χ2n) is 4.35. The van der Waals surface area contributed by atoms with Crippen LogP contribution in [-0.2, 0) is 14.8 Å². The first-order chi connectivity index (χ1) is 8.96. The lowest BCUT2D eigenvalue weighted by Gasteiger charge is -2.34. The summed E-state index contributed by atoms with van der Waals surface area (Å²) in [5.74, 6) is -0.486. The molecule has 0 aliphatic carbocycles. The number of benzene rings is 1. The molecule has 8 heteroatoms. The van der Waals surface area contributed by atoms with E-state index in [1.54, 1.807) is 7.05 Å². The highest BCUT2D eigenvalue weighted by Crippen LogP contribution is 2.19. The van der Waals surface area contributed by atoms with E-state index >= 15 is 0 Å². The summed E-state index contributed by atoms with van der Waals surface area (Å²) in [5, 5.41) is 3.03. The molecular formula is C12H17ClN2O4S. The van der Waals surface area contributed by atoms with Crippen LogP contribution < -0.4 is 5.32 Å². The number of ether oxygens (including phenoxy) is 1. The van der Waals surface area contributed by atoms with Gasteiger partial charge in [0.2, 0.25) is 10.0 Å². The molecule has 1 aliphatic rings. The van der Waals surface area contributed by atoms with E-state index in [4.69, 9.17) is 0 Å². The SMILES string of the molecule is COC(=O)c1ccc(S(=O)(=O)N(C)C2CNC2)cc1.Cl. The van der Waals surface area contributed by atoms with Gasteiger partial charge in [-0.3, -0.25) is 0 Å². The number of likely N-dealkylation sites (N-methyl/N-ethyl adjacent to an activating group) is 1. The number of carbonyl (C=O) groups is 1. The number of halogens is 1. The molecule has 1 N–H and O–H groups in total. The highest BCUT2D eigenvalue weighted by Gasteiger charge is 2.31. The van der Waals surface area contributed by atoms with Crippen molar-refractivity contribution in [2.75, 3.05) is 27.2 Å². The third kappa shape index (κ3) is 3.12. The fourth-order valence-corrected chi connectivity index (χ4v) is 3.13. The van der Waals surface area contributed by atoms with Crippen LogP contribution in [0, 0.1) is 0 Å². The summed E-state index contributed by atoms with van der Waals surface area (Å²) in [6.07, 6.45) is 0. The fourth-order valence-electron chi connectivity index (χ4n) is 1.77. The second kappa shape index (κ2) is 6.53. The number of hydrogen-bond donors (Lipinski definition) is 1. The number of nitrogens with one attached hydrogen (secondary N) is 1. The average Bonchev–Trinajstić information content (AvgIpc) is 2.36. The summed E-state index contributed by atoms with van der Waals surface area (Å²) in [4.78, 5) is 11.5. The molecule has 1 aliphatic heterocycles. The van der Waals surface area contributed by atoms with E-state index in [0.717, 1.165) is 0 Å². The topological polar surface area (TPSA) is 75.7 Å². The summed E-state index contributed by atoms with van der Waals surface area (Å²) in [6, 6.07) is 5.73. The van der Waals surface area contributed by atoms with E-state index in [9.17, 15) is 13.2 Å². The summed E-state index contributed by atoms with van der Waals surface area (Å²) < 4.78 is 30.5. The number of rotatable bonds is 4. The highest BCUT2D eigenvalue weighted by molar-refractivity contribution is 7.89. The number of esters is 1. The molecule has 0 radical (unpaired) electrons. The molecule has 20 heavy (non-hydrogen) atoms. The van der Waals surface area contributed by atoms with Crippen LogP contribution >= 0.6 is 12.4 Å². The molecule has 1 aromatic rings. The van der Waals surface area contributed by atoms with Gasteiger partial charge in [0, 0.05) is 26.2 Å². The number of methoxy groups -OCH3 is 1. The lowest BCUT2D eigenvalue weighted by atomic mass is 10.2. The van der Waals surface area contributed by atoms with Crippen molar-refractivity contribution in [1.29, 1.82) is 0 Å². The standard InChI is InChI=1S/C12H16N2O4S.ClH/c1-14(10-7-13-8-10)19(16,17)11-5-3-9(4-6-11)12(15)18-2;/h3-6,10,13H,7-8H2,1-2H3;1H. The van der Waals surface area contributed by atoms with Crippen molar-refractivity contribution in [3.05, 3.63) is 29.8 Å². The Bertz CT molecular complexity index is 570. The molecule has 0 amide bonds. The fraction of sp³-hybridized carbons (Fsp3) is 0.417. The van der Waals surface area contributed by atoms with Crippen LogP contribution in [0.5, 0.6) is 0 Å². The van der Waals surface area contributed by atoms with Crippen LogP contribution in [0.2, 0.25) is 0 Å². The van der Waals surface area contributed by atoms with Gasteiger partial charge in [0.05, 0.1) is 17.6 Å². The Kier molecular flexibility index (Phi) is 5.52. The van der Waals surface area contributed by atoms with E-state index < -0.39 is 16.0 Å². The Morgan fingerprint density at radius 3 is 2.25 bits per heavy atom. The zero-order valence-electron chi connectivity index (χ0n) is 11.2. The molecule has 0 atom stereocenters. The van der Waals surface area contributed by atoms with Crippen LogP contribution in [-0.4, -0.2) is 52.0 Å². The third-order valence-electron chi connectivity index (χ3n) is 3.23. The monoisotopic (exact) mass is 320 g/mol. The van der Waals surface area contributed by atoms with E-state index in [1.165, 1.54) is 35.7 Å². The smallest absolute Gasteiger partial charge is 0.337 e. The molecule has 0 bridgehead atoms. The van der Waals surface area contributed by atoms with Crippen LogP contribution in [0.3, 0.4) is 0 Å². The minimum atomic E-state index is -3.51. The van der Waals surface area contributed by atoms with Crippen LogP contribution in [0.4, 0.5) is 0 Å². The van der Waals surface area contributed by atoms with Gasteiger partial charge in [0.25, 0.3) is 0 Å². The highest BCUT2D eigenvalue weighted by atomic mass is 35.5. The van der Waals surface area contributed by atoms with Crippen molar-refractivity contribution in [3.8, 4) is 0 Å². The Labute approximate surface area is 124 Å². The number of hydrogen-bond acceptors (Lipinski definition) is 5. The Balaban J connectivity index is 0.00000200. The van der Waals surface area contributed by atoms with Gasteiger partial charge in [-0.15, -0.1) is 12.4 Å². The molecule has 1 saturated heterocycles. The summed E-state index contributed by atoms with van der Waals surface area (Å²) in [7, 11) is -0.660. The lowest BCUT2D eigenvalue weighted by Crippen LogP contribution is -2.57. The molecule has 112 valence electrons. The van der Waals surface area contributed by atoms with Crippen molar-refractivity contribution in [1.82, 2.24) is 9.62 Å². The molecule has 1 heterocycles. The van der Waals surface area contributed by atoms with Crippen LogP contribution in [0.15, 0.2) is 29.2 Å². The minimum absolute atomic E-state index is 0. The van der Waals surface area contributed by atoms with Crippen LogP contribution in [0.1, 0.15) is 10.4 Å². The number of carbonyl (C=O) groups excluding carboxylic acids is 1. The van der Waals surface area contributed by atoms with E-state index in [-0.39, 0.29) is 23.3 Å². The molecule has 1 fully saturated rings. The van der Waals surface area contributed by atoms with E-state index in [0.29, 0.717) is 18.7 Å². The van der Waals surface area contributed by atoms with Gasteiger partial charge >= 0.3 is 5.97 Å². The lowest BCUT2D eigenvalue weighted by molar-refractivity contribution is 0.0600. The maximum atomic E-state index is 12.3. The molecule has 0 aromatic heterocycles. The van der Waals surface area contributed by atoms with E-state index in [2.05, 4.69) is 10.1 Å². The Morgan fingerprint density at radius 2 is 1.85 bits per heavy atom. The molecule has 0 spiro atoms. The predicted molar refractivity (Wildman–Crippen MR) is 76.6 cm³/mol. The predicted octanol–water partition coefficient (Wildman–Crippen LogP) is 0.487. The van der Waals surface area contributed by atoms with Gasteiger partial charge in [-0.2, -0.15) is 4.31 Å². The summed E-state index contributed by atoms with van der Waals surface area (Å²) in [6.45, 7) is 1.33. The first-order valence-corrected chi connectivity index (χ1v) is 7.28. The molecular weight excluding hydrogens is 304 g/mol. The van der Waals surface area contributed by atoms with Crippen molar-refractivity contribution in [3.63, 3.8) is 0 Å². The van der Waals surface area contributed by atoms with Crippen molar-refractivity contribution < 1.29 is 17.9 Å². The summed E-state index contributed by atoms with van der Waals surface area (Å²) >= 11 is 0. The van der Waals surface area contributed by atoms with Crippen molar-refractivity contribution in [2.45, 2.75) is 10.9 Å². The number of sulfonamides is 1. The van der Waals surface area contributed by atoms with Gasteiger partial charge in [-0.25, -0.2) is 13.2 Å². The largest absolute Gasteiger partial charge is 0.465 e. The molecule has 0 unspecified atom stereocenters. The first kappa shape index (κ1) is 16.9. The van der Waals surface area contributed by atoms with Gasteiger partial charge in [0.1, 0.15) is 0 Å². The normalized spacial score (nSPS) is 15.3. The van der Waals surface area contributed by atoms with Gasteiger partial charge in [-0.1, -0.05) is 0 Å². The van der Waals surface area contributed by atoms with Crippen LogP contribution in [0.25, 0.3) is 0 Å². The molecule has 6 nitrogen and oxygen atoms in total. The van der Waals surface area contributed by atoms with Gasteiger partial charge < -0.3 is 10.1 Å². The van der Waals surface area contributed by atoms with Crippen molar-refractivity contribution in [2.24, 2.45) is 0 Å². The molecule has 0 saturated carbocycles. The van der Waals surface area contributed by atoms with Gasteiger partial charge in [0.15, 0.2) is 0 Å². The molecule has 2 rings (SSSR count). The molecule has 1 aromatic carbocycles. The summed E-state index contributed by atoms with van der Waals surface area (Å²) in [5.41, 5.74) is 0.328. The Hall–Kier alpha value is -1.15. The maximum absolute atomic E-state index is 12.3. The average molecular weight is 321 g/mol. The quantitative estimate of drug-likeness (QED) is 0.817. The maximum Gasteiger partial charge on any atom is 0.337 e. The minimum Gasteiger partial charge on any atom is -0.465 e. The Morgan fingerprint density at radius 1 is 1.30 bits per heavy atom. The third-order valence-corrected chi connectivity index (χ3v) is 5.15. The number of nitrogens with zero attached hydrogens (tertiary/aromatic N) is 1. The zero-order valence-corrected chi connectivity index (χ0v) is 12.8. The second-order valence-corrected chi connectivity index (χ2v) is 6.35. The van der Waals surface area contributed by atoms with Crippen molar-refractivity contribution >= 4 is 28.4 Å². The van der Waals surface area contributed by atoms with Gasteiger partial charge in [-0.05, 0) is 24.3 Å². The zero-order chi connectivity index (χ0) is 14.0. The first-order valence-electron chi connectivity index (χ1n) is 5.84.